The Morgan fingerprint density at radius 3 is 0.957 bits per heavy atom. The lowest BCUT2D eigenvalue weighted by Crippen LogP contribution is -2.43. The Labute approximate surface area is 272 Å². The van der Waals surface area contributed by atoms with Gasteiger partial charge in [-0.2, -0.15) is 0 Å². The molecule has 0 atom stereocenters. The van der Waals surface area contributed by atoms with Crippen molar-refractivity contribution in [2.75, 3.05) is 64.0 Å². The highest BCUT2D eigenvalue weighted by atomic mass is 31.2. The summed E-state index contributed by atoms with van der Waals surface area (Å²) in [5.74, 6) is 0.306. The van der Waals surface area contributed by atoms with Crippen molar-refractivity contribution in [3.05, 3.63) is 36.4 Å². The first-order chi connectivity index (χ1) is 22.6. The lowest BCUT2D eigenvalue weighted by molar-refractivity contribution is -0.169. The van der Waals surface area contributed by atoms with E-state index in [1.807, 2.05) is 0 Å². The molecule has 1 fully saturated rings. The number of imide groups is 1. The molecule has 0 saturated carbocycles. The van der Waals surface area contributed by atoms with Crippen LogP contribution in [0.15, 0.2) is 36.4 Å². The molecule has 2 amide bonds. The van der Waals surface area contributed by atoms with Crippen LogP contribution >= 0.6 is 7.26 Å². The number of nitrogens with zero attached hydrogens (tertiary/aromatic N) is 1. The summed E-state index contributed by atoms with van der Waals surface area (Å²) in [4.78, 5) is 47.1. The maximum absolute atomic E-state index is 15.4. The lowest BCUT2D eigenvalue weighted by atomic mass is 10.3. The lowest BCUT2D eigenvalue weighted by Gasteiger charge is -2.31. The maximum Gasteiger partial charge on any atom is 0.491 e. The Morgan fingerprint density at radius 2 is 0.745 bits per heavy atom. The second kappa shape index (κ2) is 14.5. The van der Waals surface area contributed by atoms with Crippen LogP contribution in [0.1, 0.15) is 12.8 Å². The van der Waals surface area contributed by atoms with Gasteiger partial charge in [0.05, 0.1) is 64.0 Å². The number of hydroxylamine groups is 2. The van der Waals surface area contributed by atoms with Crippen molar-refractivity contribution < 1.29 is 61.9 Å². The fourth-order valence-corrected chi connectivity index (χ4v) is 9.70. The van der Waals surface area contributed by atoms with Crippen LogP contribution in [0.4, 0.5) is 4.79 Å². The summed E-state index contributed by atoms with van der Waals surface area (Å²) in [5, 5.41) is 0.868. The Bertz CT molecular complexity index is 1430. The minimum absolute atomic E-state index is 0.116. The van der Waals surface area contributed by atoms with Crippen LogP contribution in [-0.4, -0.2) is 86.6 Å². The van der Waals surface area contributed by atoms with Gasteiger partial charge in [-0.05, 0) is 0 Å². The highest BCUT2D eigenvalue weighted by Crippen LogP contribution is 2.67. The standard InChI is InChI=1S/C32H37NO13P/c1-37-18-12-21(40-4)29(22(13-18)41-5)47(32(36)46-33-27(34)10-11-28(33)35,30-23(42-6)14-19(38-2)15-24(30)43-7)31-25(44-8)16-20(39-3)17-26(31)45-9/h12-17H,10-11H2,1-9H3/q+1. The van der Waals surface area contributed by atoms with Crippen LogP contribution in [0.2, 0.25) is 0 Å². The smallest absolute Gasteiger partial charge is 0.491 e. The predicted octanol–water partition coefficient (Wildman–Crippen LogP) is 3.26. The van der Waals surface area contributed by atoms with Gasteiger partial charge in [0.2, 0.25) is 15.9 Å². The number of methoxy groups -OCH3 is 9. The number of rotatable bonds is 14. The number of carbonyl (C=O) groups excluding carboxylic acids is 3. The molecule has 0 radical (unpaired) electrons. The Balaban J connectivity index is 2.40. The summed E-state index contributed by atoms with van der Waals surface area (Å²) >= 11 is 0. The minimum atomic E-state index is -4.29. The minimum Gasteiger partial charge on any atom is -0.496 e. The Hall–Kier alpha value is -5.10. The first-order valence-electron chi connectivity index (χ1n) is 14.0. The van der Waals surface area contributed by atoms with E-state index in [0.29, 0.717) is 22.3 Å². The third-order valence-electron chi connectivity index (χ3n) is 7.52. The normalized spacial score (nSPS) is 12.7. The van der Waals surface area contributed by atoms with Crippen molar-refractivity contribution in [3.63, 3.8) is 0 Å². The number of carbonyl (C=O) groups is 3. The molecular formula is C32H37NO13P+. The molecule has 14 nitrogen and oxygen atoms in total. The first kappa shape index (κ1) is 34.8. The zero-order chi connectivity index (χ0) is 34.5. The number of benzene rings is 3. The first-order valence-corrected chi connectivity index (χ1v) is 15.8. The molecule has 252 valence electrons. The largest absolute Gasteiger partial charge is 0.496 e. The topological polar surface area (TPSA) is 147 Å². The van der Waals surface area contributed by atoms with E-state index in [9.17, 15) is 9.59 Å². The molecule has 0 aliphatic carbocycles. The molecule has 0 aromatic heterocycles. The molecule has 3 aromatic carbocycles. The Kier molecular flexibility index (Phi) is 10.8. The van der Waals surface area contributed by atoms with Crippen molar-refractivity contribution in [3.8, 4) is 51.7 Å². The van der Waals surface area contributed by atoms with E-state index < -0.39 is 24.8 Å². The van der Waals surface area contributed by atoms with Gasteiger partial charge in [-0.3, -0.25) is 14.4 Å². The van der Waals surface area contributed by atoms with Crippen LogP contribution < -0.4 is 58.5 Å². The number of ether oxygens (including phenoxy) is 9. The van der Waals surface area contributed by atoms with Crippen molar-refractivity contribution in [2.24, 2.45) is 0 Å². The summed E-state index contributed by atoms with van der Waals surface area (Å²) in [6.45, 7) is 0. The van der Waals surface area contributed by atoms with Gasteiger partial charge < -0.3 is 42.6 Å². The molecule has 15 heteroatoms. The highest BCUT2D eigenvalue weighted by molar-refractivity contribution is 8.08. The van der Waals surface area contributed by atoms with Gasteiger partial charge in [0, 0.05) is 49.2 Å². The van der Waals surface area contributed by atoms with E-state index in [4.69, 9.17) is 47.5 Å². The fraction of sp³-hybridized carbons (Fsp3) is 0.344. The van der Waals surface area contributed by atoms with Crippen molar-refractivity contribution >= 4 is 40.7 Å². The van der Waals surface area contributed by atoms with Crippen LogP contribution in [0, 0.1) is 0 Å². The molecule has 0 bridgehead atoms. The fourth-order valence-electron chi connectivity index (χ4n) is 5.36. The van der Waals surface area contributed by atoms with Gasteiger partial charge in [-0.15, -0.1) is 0 Å². The zero-order valence-corrected chi connectivity index (χ0v) is 28.5. The second-order valence-corrected chi connectivity index (χ2v) is 12.8. The molecule has 0 spiro atoms. The number of hydrogen-bond acceptors (Lipinski definition) is 13. The van der Waals surface area contributed by atoms with E-state index in [1.165, 1.54) is 64.0 Å². The SMILES string of the molecule is COc1cc(OC)c([P+](C(=O)ON2C(=O)CCC2=O)(c2c(OC)cc(OC)cc2OC)c2c(OC)cc(OC)cc2OC)c(OC)c1. The summed E-state index contributed by atoms with van der Waals surface area (Å²) in [7, 11) is 8.48. The third-order valence-corrected chi connectivity index (χ3v) is 11.5. The van der Waals surface area contributed by atoms with Gasteiger partial charge in [0.15, 0.2) is 34.5 Å². The molecular weight excluding hydrogens is 637 g/mol. The van der Waals surface area contributed by atoms with E-state index in [2.05, 4.69) is 0 Å². The quantitative estimate of drug-likeness (QED) is 0.182. The molecule has 1 aliphatic rings. The third kappa shape index (κ3) is 5.96. The average molecular weight is 675 g/mol. The molecule has 0 unspecified atom stereocenters. The molecule has 1 aliphatic heterocycles. The Morgan fingerprint density at radius 1 is 0.489 bits per heavy atom. The monoisotopic (exact) mass is 674 g/mol. The highest BCUT2D eigenvalue weighted by Gasteiger charge is 2.67. The van der Waals surface area contributed by atoms with Crippen molar-refractivity contribution in [2.45, 2.75) is 12.8 Å². The van der Waals surface area contributed by atoms with Gasteiger partial charge in [0.25, 0.3) is 19.1 Å². The van der Waals surface area contributed by atoms with Gasteiger partial charge in [0.1, 0.15) is 17.2 Å². The second-order valence-electron chi connectivity index (χ2n) is 9.75. The van der Waals surface area contributed by atoms with Crippen LogP contribution in [-0.2, 0) is 14.4 Å². The summed E-state index contributed by atoms with van der Waals surface area (Å²) in [5.41, 5.74) is -1.06. The summed E-state index contributed by atoms with van der Waals surface area (Å²) < 4.78 is 52.1. The zero-order valence-electron chi connectivity index (χ0n) is 27.6. The van der Waals surface area contributed by atoms with E-state index in [0.717, 1.165) is 0 Å². The predicted molar refractivity (Wildman–Crippen MR) is 172 cm³/mol. The molecule has 1 saturated heterocycles. The van der Waals surface area contributed by atoms with Crippen molar-refractivity contribution in [1.29, 1.82) is 0 Å². The summed E-state index contributed by atoms with van der Waals surface area (Å²) in [6, 6.07) is 9.32. The number of hydrogen-bond donors (Lipinski definition) is 0. The van der Waals surface area contributed by atoms with Gasteiger partial charge in [-0.1, -0.05) is 5.06 Å². The van der Waals surface area contributed by atoms with Gasteiger partial charge in [-0.25, -0.2) is 4.79 Å². The van der Waals surface area contributed by atoms with Crippen LogP contribution in [0.3, 0.4) is 0 Å². The molecule has 4 rings (SSSR count). The molecule has 0 N–H and O–H groups in total. The molecule has 47 heavy (non-hydrogen) atoms. The molecule has 3 aromatic rings. The maximum atomic E-state index is 15.4. The van der Waals surface area contributed by atoms with E-state index >= 15 is 4.79 Å². The van der Waals surface area contributed by atoms with Gasteiger partial charge >= 0.3 is 5.71 Å². The number of amides is 2. The average Bonchev–Trinajstić information content (AvgIpc) is 3.43. The van der Waals surface area contributed by atoms with Crippen LogP contribution in [0.25, 0.3) is 0 Å². The van der Waals surface area contributed by atoms with Crippen LogP contribution in [0.5, 0.6) is 51.7 Å². The molecule has 1 heterocycles. The summed E-state index contributed by atoms with van der Waals surface area (Å²) in [6.07, 6.45) is -0.284. The van der Waals surface area contributed by atoms with E-state index in [-0.39, 0.29) is 63.3 Å². The van der Waals surface area contributed by atoms with E-state index in [1.54, 1.807) is 36.4 Å². The van der Waals surface area contributed by atoms with Crippen molar-refractivity contribution in [1.82, 2.24) is 5.06 Å².